The summed E-state index contributed by atoms with van der Waals surface area (Å²) in [5, 5.41) is 8.81. The van der Waals surface area contributed by atoms with Gasteiger partial charge in [0.1, 0.15) is 0 Å². The smallest absolute Gasteiger partial charge is 0.246 e. The number of aromatic nitrogens is 3. The van der Waals surface area contributed by atoms with Gasteiger partial charge in [0, 0.05) is 5.39 Å². The van der Waals surface area contributed by atoms with Crippen molar-refractivity contribution in [3.05, 3.63) is 88.1 Å². The Bertz CT molecular complexity index is 1040. The van der Waals surface area contributed by atoms with Gasteiger partial charge in [-0.15, -0.1) is 0 Å². The number of allylic oxidation sites excluding steroid dienone is 5. The average molecular weight is 331 g/mol. The summed E-state index contributed by atoms with van der Waals surface area (Å²) in [5.41, 5.74) is 2.89. The Balaban J connectivity index is 2.07. The van der Waals surface area contributed by atoms with E-state index in [0.717, 1.165) is 22.0 Å². The van der Waals surface area contributed by atoms with Crippen LogP contribution < -0.4 is 5.69 Å². The molecule has 0 unspecified atom stereocenters. The van der Waals surface area contributed by atoms with Crippen molar-refractivity contribution in [2.75, 3.05) is 0 Å². The number of benzene rings is 2. The Morgan fingerprint density at radius 1 is 1.04 bits per heavy atom. The van der Waals surface area contributed by atoms with E-state index in [1.165, 1.54) is 5.57 Å². The van der Waals surface area contributed by atoms with Gasteiger partial charge in [-0.25, -0.2) is 14.5 Å². The summed E-state index contributed by atoms with van der Waals surface area (Å²) < 4.78 is 1.60. The first-order valence-electron chi connectivity index (χ1n) is 8.21. The van der Waals surface area contributed by atoms with E-state index in [-0.39, 0.29) is 5.69 Å². The van der Waals surface area contributed by atoms with Crippen molar-refractivity contribution < 1.29 is 0 Å². The average Bonchev–Trinajstić information content (AvgIpc) is 2.98. The molecule has 1 aromatic heterocycles. The molecule has 3 rings (SSSR count). The van der Waals surface area contributed by atoms with Crippen LogP contribution in [0, 0.1) is 0 Å². The molecule has 25 heavy (non-hydrogen) atoms. The molecule has 126 valence electrons. The zero-order chi connectivity index (χ0) is 17.8. The van der Waals surface area contributed by atoms with Crippen LogP contribution in [0.1, 0.15) is 26.6 Å². The molecule has 0 aliphatic carbocycles. The third-order valence-corrected chi connectivity index (χ3v) is 3.88. The number of rotatable bonds is 4. The van der Waals surface area contributed by atoms with Crippen molar-refractivity contribution in [2.24, 2.45) is 0 Å². The third-order valence-electron chi connectivity index (χ3n) is 3.88. The molecular weight excluding hydrogens is 310 g/mol. The second kappa shape index (κ2) is 7.18. The van der Waals surface area contributed by atoms with E-state index in [0.29, 0.717) is 5.82 Å². The van der Waals surface area contributed by atoms with Gasteiger partial charge in [0.25, 0.3) is 0 Å². The molecule has 0 saturated carbocycles. The van der Waals surface area contributed by atoms with Crippen molar-refractivity contribution in [1.82, 2.24) is 14.8 Å². The van der Waals surface area contributed by atoms with E-state index in [1.54, 1.807) is 4.57 Å². The number of fused-ring (bicyclic) bond motifs is 1. The molecule has 0 bridgehead atoms. The van der Waals surface area contributed by atoms with Gasteiger partial charge in [-0.2, -0.15) is 5.10 Å². The second-order valence-electron chi connectivity index (χ2n) is 6.21. The number of hydrogen-bond donors (Lipinski definition) is 1. The summed E-state index contributed by atoms with van der Waals surface area (Å²) in [5.74, 6) is 0.575. The summed E-state index contributed by atoms with van der Waals surface area (Å²) in [6.45, 7) is 6.13. The largest absolute Gasteiger partial charge is 0.348 e. The standard InChI is InChI=1S/C21H21N3O/c1-15(2)11-12-16(3)13-14-20-22-23-21(25)24(20)19-10-6-8-17-7-4-5-9-18(17)19/h4-14H,1-3H3,(H,23,25)/b14-13+,16-12-. The molecule has 1 N–H and O–H groups in total. The zero-order valence-corrected chi connectivity index (χ0v) is 14.7. The molecule has 0 aliphatic rings. The first-order chi connectivity index (χ1) is 12.1. The molecule has 0 spiro atoms. The maximum absolute atomic E-state index is 12.3. The summed E-state index contributed by atoms with van der Waals surface area (Å²) in [7, 11) is 0. The number of nitrogens with one attached hydrogen (secondary N) is 1. The fraction of sp³-hybridized carbons (Fsp3) is 0.143. The van der Waals surface area contributed by atoms with Crippen LogP contribution in [0.4, 0.5) is 0 Å². The minimum atomic E-state index is -0.248. The molecule has 0 amide bonds. The summed E-state index contributed by atoms with van der Waals surface area (Å²) in [4.78, 5) is 12.3. The molecule has 0 saturated heterocycles. The summed E-state index contributed by atoms with van der Waals surface area (Å²) in [6, 6.07) is 13.9. The molecule has 4 heteroatoms. The van der Waals surface area contributed by atoms with Gasteiger partial charge >= 0.3 is 5.69 Å². The van der Waals surface area contributed by atoms with E-state index >= 15 is 0 Å². The van der Waals surface area contributed by atoms with Crippen LogP contribution in [0.5, 0.6) is 0 Å². The number of H-pyrrole nitrogens is 1. The van der Waals surface area contributed by atoms with E-state index in [1.807, 2.05) is 67.6 Å². The highest BCUT2D eigenvalue weighted by Gasteiger charge is 2.10. The van der Waals surface area contributed by atoms with Gasteiger partial charge in [0.2, 0.25) is 0 Å². The maximum Gasteiger partial charge on any atom is 0.348 e. The van der Waals surface area contributed by atoms with Crippen LogP contribution in [-0.2, 0) is 0 Å². The lowest BCUT2D eigenvalue weighted by atomic mass is 10.1. The first-order valence-corrected chi connectivity index (χ1v) is 8.21. The van der Waals surface area contributed by atoms with Crippen molar-refractivity contribution in [3.63, 3.8) is 0 Å². The highest BCUT2D eigenvalue weighted by atomic mass is 16.1. The molecule has 0 radical (unpaired) electrons. The predicted octanol–water partition coefficient (Wildman–Crippen LogP) is 4.64. The van der Waals surface area contributed by atoms with Crippen LogP contribution in [0.2, 0.25) is 0 Å². The highest BCUT2D eigenvalue weighted by Crippen LogP contribution is 2.22. The second-order valence-corrected chi connectivity index (χ2v) is 6.21. The van der Waals surface area contributed by atoms with Gasteiger partial charge in [0.05, 0.1) is 5.69 Å². The van der Waals surface area contributed by atoms with Crippen molar-refractivity contribution in [2.45, 2.75) is 20.8 Å². The SMILES string of the molecule is CC(C)=C/C=C(C)\C=C\c1n[nH]c(=O)n1-c1cccc2ccccc12. The molecule has 0 fully saturated rings. The lowest BCUT2D eigenvalue weighted by Gasteiger charge is -2.07. The fourth-order valence-corrected chi connectivity index (χ4v) is 2.62. The van der Waals surface area contributed by atoms with Gasteiger partial charge in [0.15, 0.2) is 5.82 Å². The number of nitrogens with zero attached hydrogens (tertiary/aromatic N) is 2. The van der Waals surface area contributed by atoms with Gasteiger partial charge < -0.3 is 0 Å². The molecule has 2 aromatic carbocycles. The Morgan fingerprint density at radius 2 is 1.80 bits per heavy atom. The van der Waals surface area contributed by atoms with Crippen molar-refractivity contribution >= 4 is 16.8 Å². The monoisotopic (exact) mass is 331 g/mol. The maximum atomic E-state index is 12.3. The van der Waals surface area contributed by atoms with Crippen molar-refractivity contribution in [1.29, 1.82) is 0 Å². The van der Waals surface area contributed by atoms with E-state index < -0.39 is 0 Å². The van der Waals surface area contributed by atoms with E-state index in [2.05, 4.69) is 30.1 Å². The quantitative estimate of drug-likeness (QED) is 0.708. The normalized spacial score (nSPS) is 12.0. The van der Waals surface area contributed by atoms with Gasteiger partial charge in [-0.1, -0.05) is 65.8 Å². The Hall–Kier alpha value is -3.14. The minimum Gasteiger partial charge on any atom is -0.246 e. The van der Waals surface area contributed by atoms with Crippen molar-refractivity contribution in [3.8, 4) is 5.69 Å². The molecule has 1 heterocycles. The summed E-state index contributed by atoms with van der Waals surface area (Å²) in [6.07, 6.45) is 7.90. The highest BCUT2D eigenvalue weighted by molar-refractivity contribution is 5.90. The minimum absolute atomic E-state index is 0.248. The Labute approximate surface area is 146 Å². The van der Waals surface area contributed by atoms with Gasteiger partial charge in [-0.3, -0.25) is 0 Å². The molecule has 0 aliphatic heterocycles. The molecule has 4 nitrogen and oxygen atoms in total. The van der Waals surface area contributed by atoms with Crippen LogP contribution in [0.25, 0.3) is 22.5 Å². The van der Waals surface area contributed by atoms with E-state index in [9.17, 15) is 4.79 Å². The Morgan fingerprint density at radius 3 is 2.60 bits per heavy atom. The third kappa shape index (κ3) is 3.69. The van der Waals surface area contributed by atoms with Gasteiger partial charge in [-0.05, 0) is 38.3 Å². The van der Waals surface area contributed by atoms with E-state index in [4.69, 9.17) is 0 Å². The molecular formula is C21H21N3O. The van der Waals surface area contributed by atoms with Crippen LogP contribution in [0.3, 0.4) is 0 Å². The molecule has 0 atom stereocenters. The predicted molar refractivity (Wildman–Crippen MR) is 104 cm³/mol. The van der Waals surface area contributed by atoms with Crippen LogP contribution >= 0.6 is 0 Å². The van der Waals surface area contributed by atoms with Crippen LogP contribution in [-0.4, -0.2) is 14.8 Å². The summed E-state index contributed by atoms with van der Waals surface area (Å²) >= 11 is 0. The topological polar surface area (TPSA) is 50.7 Å². The lowest BCUT2D eigenvalue weighted by molar-refractivity contribution is 0.984. The Kier molecular flexibility index (Phi) is 4.80. The number of hydrogen-bond acceptors (Lipinski definition) is 2. The van der Waals surface area contributed by atoms with Crippen LogP contribution in [0.15, 0.2) is 76.6 Å². The number of aromatic amines is 1. The molecule has 3 aromatic rings. The fourth-order valence-electron chi connectivity index (χ4n) is 2.62. The first kappa shape index (κ1) is 16.7. The lowest BCUT2D eigenvalue weighted by Crippen LogP contribution is -2.16. The zero-order valence-electron chi connectivity index (χ0n) is 14.7.